The maximum absolute atomic E-state index is 9.55. The molecule has 0 saturated carbocycles. The number of hydrogen-bond acceptors (Lipinski definition) is 3. The van der Waals surface area contributed by atoms with Gasteiger partial charge in [0.15, 0.2) is 0 Å². The lowest BCUT2D eigenvalue weighted by atomic mass is 9.97. The van der Waals surface area contributed by atoms with E-state index in [0.717, 1.165) is 36.0 Å². The molecule has 1 heterocycles. The summed E-state index contributed by atoms with van der Waals surface area (Å²) >= 11 is 3.58. The summed E-state index contributed by atoms with van der Waals surface area (Å²) in [7, 11) is 0. The van der Waals surface area contributed by atoms with Crippen molar-refractivity contribution < 1.29 is 10.2 Å². The van der Waals surface area contributed by atoms with Gasteiger partial charge in [0.1, 0.15) is 0 Å². The smallest absolute Gasteiger partial charge is 0.0762 e. The summed E-state index contributed by atoms with van der Waals surface area (Å²) in [5.74, 6) is 0.455. The van der Waals surface area contributed by atoms with E-state index in [4.69, 9.17) is 5.11 Å². The molecule has 0 spiro atoms. The molecule has 2 rings (SSSR count). The van der Waals surface area contributed by atoms with Gasteiger partial charge in [-0.2, -0.15) is 0 Å². The molecule has 1 aromatic rings. The quantitative estimate of drug-likeness (QED) is 0.901. The Morgan fingerprint density at radius 2 is 2.06 bits per heavy atom. The van der Waals surface area contributed by atoms with Crippen LogP contribution in [-0.4, -0.2) is 29.9 Å². The first kappa shape index (κ1) is 13.8. The molecule has 0 amide bonds. The fourth-order valence-electron chi connectivity index (χ4n) is 2.40. The molecule has 3 nitrogen and oxygen atoms in total. The Morgan fingerprint density at radius 1 is 1.39 bits per heavy atom. The Balaban J connectivity index is 2.10. The zero-order chi connectivity index (χ0) is 13.1. The van der Waals surface area contributed by atoms with Crippen molar-refractivity contribution in [1.82, 2.24) is 0 Å². The molecule has 1 aliphatic rings. The first-order chi connectivity index (χ1) is 8.61. The van der Waals surface area contributed by atoms with Gasteiger partial charge >= 0.3 is 0 Å². The predicted octanol–water partition coefficient (Wildman–Crippen LogP) is 2.71. The number of hydrogen-bond donors (Lipinski definition) is 2. The molecule has 18 heavy (non-hydrogen) atoms. The Labute approximate surface area is 117 Å². The van der Waals surface area contributed by atoms with Crippen LogP contribution in [0.2, 0.25) is 0 Å². The van der Waals surface area contributed by atoms with Crippen molar-refractivity contribution in [3.05, 3.63) is 28.2 Å². The molecule has 1 atom stereocenters. The number of nitrogens with zero attached hydrogens (tertiary/aromatic N) is 1. The lowest BCUT2D eigenvalue weighted by molar-refractivity contribution is 0.199. The molecule has 1 saturated heterocycles. The number of anilines is 1. The van der Waals surface area contributed by atoms with Crippen LogP contribution in [0, 0.1) is 5.92 Å². The SMILES string of the molecule is C[C@@H](O)c1ccc(N2CCC(CO)CC2)c(Br)c1. The Bertz CT molecular complexity index is 401. The van der Waals surface area contributed by atoms with E-state index in [0.29, 0.717) is 12.5 Å². The van der Waals surface area contributed by atoms with Crippen LogP contribution in [0.3, 0.4) is 0 Å². The highest BCUT2D eigenvalue weighted by Gasteiger charge is 2.20. The van der Waals surface area contributed by atoms with Gasteiger partial charge in [-0.25, -0.2) is 0 Å². The molecule has 1 aliphatic heterocycles. The van der Waals surface area contributed by atoms with Crippen LogP contribution in [0.1, 0.15) is 31.4 Å². The number of halogens is 1. The van der Waals surface area contributed by atoms with E-state index in [2.05, 4.69) is 26.9 Å². The third-order valence-electron chi connectivity index (χ3n) is 3.67. The topological polar surface area (TPSA) is 43.7 Å². The zero-order valence-electron chi connectivity index (χ0n) is 10.6. The molecular weight excluding hydrogens is 294 g/mol. The van der Waals surface area contributed by atoms with Gasteiger partial charge < -0.3 is 15.1 Å². The Hall–Kier alpha value is -0.580. The van der Waals surface area contributed by atoms with Crippen molar-refractivity contribution in [3.63, 3.8) is 0 Å². The second-order valence-electron chi connectivity index (χ2n) is 5.00. The predicted molar refractivity (Wildman–Crippen MR) is 76.8 cm³/mol. The van der Waals surface area contributed by atoms with E-state index in [1.165, 1.54) is 5.69 Å². The van der Waals surface area contributed by atoms with E-state index in [1.54, 1.807) is 6.92 Å². The first-order valence-electron chi connectivity index (χ1n) is 6.45. The van der Waals surface area contributed by atoms with Crippen LogP contribution >= 0.6 is 15.9 Å². The number of aliphatic hydroxyl groups excluding tert-OH is 2. The fraction of sp³-hybridized carbons (Fsp3) is 0.571. The molecule has 100 valence electrons. The summed E-state index contributed by atoms with van der Waals surface area (Å²) in [6.07, 6.45) is 1.65. The molecule has 0 bridgehead atoms. The Kier molecular flexibility index (Phi) is 4.65. The fourth-order valence-corrected chi connectivity index (χ4v) is 3.04. The standard InChI is InChI=1S/C14H20BrNO2/c1-10(18)12-2-3-14(13(15)8-12)16-6-4-11(9-17)5-7-16/h2-3,8,10-11,17-18H,4-7,9H2,1H3/t10-/m1/s1. The molecular formula is C14H20BrNO2. The van der Waals surface area contributed by atoms with Gasteiger partial charge in [0.05, 0.1) is 11.8 Å². The second-order valence-corrected chi connectivity index (χ2v) is 5.85. The third kappa shape index (κ3) is 3.05. The average Bonchev–Trinajstić information content (AvgIpc) is 2.38. The highest BCUT2D eigenvalue weighted by atomic mass is 79.9. The second kappa shape index (κ2) is 6.04. The van der Waals surface area contributed by atoms with Crippen LogP contribution < -0.4 is 4.90 Å². The van der Waals surface area contributed by atoms with Gasteiger partial charge in [0, 0.05) is 24.2 Å². The normalized spacial score (nSPS) is 19.0. The summed E-state index contributed by atoms with van der Waals surface area (Å²) in [5.41, 5.74) is 2.10. The summed E-state index contributed by atoms with van der Waals surface area (Å²) in [4.78, 5) is 2.34. The molecule has 0 radical (unpaired) electrons. The van der Waals surface area contributed by atoms with Crippen molar-refractivity contribution in [3.8, 4) is 0 Å². The van der Waals surface area contributed by atoms with Gasteiger partial charge in [-0.05, 0) is 59.3 Å². The van der Waals surface area contributed by atoms with Crippen molar-refractivity contribution in [2.45, 2.75) is 25.9 Å². The number of benzene rings is 1. The van der Waals surface area contributed by atoms with Crippen molar-refractivity contribution in [2.75, 3.05) is 24.6 Å². The lowest BCUT2D eigenvalue weighted by Crippen LogP contribution is -2.34. The average molecular weight is 314 g/mol. The van der Waals surface area contributed by atoms with Crippen LogP contribution in [0.5, 0.6) is 0 Å². The Morgan fingerprint density at radius 3 is 2.56 bits per heavy atom. The van der Waals surface area contributed by atoms with Gasteiger partial charge in [-0.1, -0.05) is 6.07 Å². The van der Waals surface area contributed by atoms with Gasteiger partial charge in [-0.3, -0.25) is 0 Å². The molecule has 0 aliphatic carbocycles. The minimum absolute atomic E-state index is 0.302. The zero-order valence-corrected chi connectivity index (χ0v) is 12.2. The van der Waals surface area contributed by atoms with E-state index in [9.17, 15) is 5.11 Å². The summed E-state index contributed by atoms with van der Waals surface area (Å²) < 4.78 is 1.03. The van der Waals surface area contributed by atoms with E-state index in [1.807, 2.05) is 12.1 Å². The molecule has 0 unspecified atom stereocenters. The summed E-state index contributed by atoms with van der Waals surface area (Å²) in [6.45, 7) is 4.04. The highest BCUT2D eigenvalue weighted by molar-refractivity contribution is 9.10. The maximum atomic E-state index is 9.55. The lowest BCUT2D eigenvalue weighted by Gasteiger charge is -2.33. The van der Waals surface area contributed by atoms with Gasteiger partial charge in [0.25, 0.3) is 0 Å². The summed E-state index contributed by atoms with van der Waals surface area (Å²) in [6, 6.07) is 6.02. The molecule has 1 fully saturated rings. The van der Waals surface area contributed by atoms with E-state index < -0.39 is 6.10 Å². The van der Waals surface area contributed by atoms with E-state index in [-0.39, 0.29) is 0 Å². The molecule has 0 aromatic heterocycles. The van der Waals surface area contributed by atoms with Crippen LogP contribution in [0.15, 0.2) is 22.7 Å². The molecule has 4 heteroatoms. The minimum atomic E-state index is -0.435. The molecule has 1 aromatic carbocycles. The number of piperidine rings is 1. The third-order valence-corrected chi connectivity index (χ3v) is 4.30. The van der Waals surface area contributed by atoms with E-state index >= 15 is 0 Å². The van der Waals surface area contributed by atoms with Gasteiger partial charge in [0.2, 0.25) is 0 Å². The largest absolute Gasteiger partial charge is 0.396 e. The minimum Gasteiger partial charge on any atom is -0.396 e. The number of aliphatic hydroxyl groups is 2. The van der Waals surface area contributed by atoms with Crippen molar-refractivity contribution in [2.24, 2.45) is 5.92 Å². The van der Waals surface area contributed by atoms with Crippen molar-refractivity contribution >= 4 is 21.6 Å². The number of rotatable bonds is 3. The monoisotopic (exact) mass is 313 g/mol. The van der Waals surface area contributed by atoms with Crippen LogP contribution in [0.25, 0.3) is 0 Å². The van der Waals surface area contributed by atoms with Gasteiger partial charge in [-0.15, -0.1) is 0 Å². The molecule has 2 N–H and O–H groups in total. The highest BCUT2D eigenvalue weighted by Crippen LogP contribution is 2.32. The van der Waals surface area contributed by atoms with Crippen molar-refractivity contribution in [1.29, 1.82) is 0 Å². The van der Waals surface area contributed by atoms with Crippen LogP contribution in [0.4, 0.5) is 5.69 Å². The maximum Gasteiger partial charge on any atom is 0.0762 e. The van der Waals surface area contributed by atoms with Crippen LogP contribution in [-0.2, 0) is 0 Å². The first-order valence-corrected chi connectivity index (χ1v) is 7.24. The summed E-state index contributed by atoms with van der Waals surface area (Å²) in [5, 5.41) is 18.7.